The molecule has 0 aliphatic carbocycles. The first-order valence-electron chi connectivity index (χ1n) is 8.06. The number of rotatable bonds is 3. The highest BCUT2D eigenvalue weighted by Gasteiger charge is 2.43. The molecule has 0 fully saturated rings. The normalized spacial score (nSPS) is 12.7. The minimum atomic E-state index is -2.40. The van der Waals surface area contributed by atoms with Crippen LogP contribution in [0.4, 0.5) is 4.79 Å². The van der Waals surface area contributed by atoms with Gasteiger partial charge >= 0.3 is 6.09 Å². The molecule has 134 valence electrons. The molecule has 0 spiro atoms. The van der Waals surface area contributed by atoms with Crippen molar-refractivity contribution in [3.8, 4) is 0 Å². The van der Waals surface area contributed by atoms with Crippen LogP contribution in [0.25, 0.3) is 0 Å². The number of benzene rings is 1. The molecule has 1 aromatic carbocycles. The Morgan fingerprint density at radius 3 is 1.88 bits per heavy atom. The summed E-state index contributed by atoms with van der Waals surface area (Å²) in [6.07, 6.45) is -0.791. The lowest BCUT2D eigenvalue weighted by Gasteiger charge is -2.38. The van der Waals surface area contributed by atoms with E-state index in [0.29, 0.717) is 5.56 Å². The number of hydrogen-bond donors (Lipinski definition) is 0. The van der Waals surface area contributed by atoms with Gasteiger partial charge in [0.25, 0.3) is 5.91 Å². The topological polar surface area (TPSA) is 55.8 Å². The largest absolute Gasteiger partial charge is 0.442 e. The Bertz CT molecular complexity index is 585. The summed E-state index contributed by atoms with van der Waals surface area (Å²) in [5.41, 5.74) is -0.342. The van der Waals surface area contributed by atoms with Gasteiger partial charge in [0.2, 0.25) is 8.32 Å². The van der Waals surface area contributed by atoms with Crippen LogP contribution in [0.3, 0.4) is 0 Å². The fourth-order valence-corrected chi connectivity index (χ4v) is 2.42. The fourth-order valence-electron chi connectivity index (χ4n) is 1.53. The summed E-state index contributed by atoms with van der Waals surface area (Å²) in [4.78, 5) is 25.4. The number of carbonyl (C=O) groups excluding carboxylic acids is 2. The van der Waals surface area contributed by atoms with Crippen LogP contribution >= 0.6 is 0 Å². The van der Waals surface area contributed by atoms with Gasteiger partial charge in [-0.1, -0.05) is 39.0 Å². The van der Waals surface area contributed by atoms with Crippen LogP contribution in [0.2, 0.25) is 18.1 Å². The highest BCUT2D eigenvalue weighted by molar-refractivity contribution is 6.74. The minimum absolute atomic E-state index is 0.162. The van der Waals surface area contributed by atoms with Gasteiger partial charge in [0.1, 0.15) is 5.60 Å². The molecule has 6 heteroatoms. The van der Waals surface area contributed by atoms with Gasteiger partial charge in [-0.3, -0.25) is 4.79 Å². The van der Waals surface area contributed by atoms with Crippen molar-refractivity contribution in [2.75, 3.05) is 0 Å². The van der Waals surface area contributed by atoms with Crippen molar-refractivity contribution in [3.05, 3.63) is 35.9 Å². The van der Waals surface area contributed by atoms with E-state index in [-0.39, 0.29) is 5.04 Å². The Morgan fingerprint density at radius 1 is 0.958 bits per heavy atom. The Labute approximate surface area is 146 Å². The molecule has 0 heterocycles. The summed E-state index contributed by atoms with van der Waals surface area (Å²) in [6.45, 7) is 15.3. The zero-order valence-electron chi connectivity index (χ0n) is 16.0. The van der Waals surface area contributed by atoms with E-state index in [4.69, 9.17) is 9.26 Å². The molecule has 2 amide bonds. The summed E-state index contributed by atoms with van der Waals surface area (Å²) in [6, 6.07) is 8.59. The van der Waals surface area contributed by atoms with Gasteiger partial charge in [0.05, 0.1) is 0 Å². The molecule has 0 aliphatic heterocycles. The van der Waals surface area contributed by atoms with Crippen molar-refractivity contribution in [2.45, 2.75) is 65.3 Å². The van der Waals surface area contributed by atoms with Gasteiger partial charge in [0, 0.05) is 5.56 Å². The Hall–Kier alpha value is -1.66. The van der Waals surface area contributed by atoms with Crippen LogP contribution in [0, 0.1) is 0 Å². The van der Waals surface area contributed by atoms with Gasteiger partial charge < -0.3 is 9.26 Å². The Morgan fingerprint density at radius 2 is 1.46 bits per heavy atom. The molecule has 0 N–H and O–H groups in total. The second-order valence-corrected chi connectivity index (χ2v) is 13.0. The molecule has 1 aromatic rings. The van der Waals surface area contributed by atoms with Crippen LogP contribution in [-0.2, 0) is 9.26 Å². The van der Waals surface area contributed by atoms with Gasteiger partial charge in [-0.2, -0.15) is 0 Å². The molecule has 0 saturated carbocycles. The van der Waals surface area contributed by atoms with Gasteiger partial charge in [-0.25, -0.2) is 4.79 Å². The van der Waals surface area contributed by atoms with E-state index in [9.17, 15) is 9.59 Å². The smallest absolute Gasteiger partial charge is 0.441 e. The highest BCUT2D eigenvalue weighted by Crippen LogP contribution is 2.37. The first kappa shape index (κ1) is 20.4. The molecule has 0 unspecified atom stereocenters. The third-order valence-corrected chi connectivity index (χ3v) is 8.14. The molecule has 0 bridgehead atoms. The molecule has 0 atom stereocenters. The van der Waals surface area contributed by atoms with Crippen molar-refractivity contribution in [1.29, 1.82) is 0 Å². The van der Waals surface area contributed by atoms with E-state index in [1.807, 2.05) is 39.9 Å². The monoisotopic (exact) mass is 351 g/mol. The van der Waals surface area contributed by atoms with E-state index in [2.05, 4.69) is 0 Å². The van der Waals surface area contributed by atoms with Crippen molar-refractivity contribution >= 4 is 20.3 Å². The molecular formula is C18H29NO4Si. The SMILES string of the molecule is CC(C)(C)OC(=O)N(O[Si](C)(C)C(C)(C)C)C(=O)c1ccccc1. The molecule has 0 aromatic heterocycles. The van der Waals surface area contributed by atoms with Crippen molar-refractivity contribution in [1.82, 2.24) is 5.06 Å². The van der Waals surface area contributed by atoms with Crippen molar-refractivity contribution in [3.63, 3.8) is 0 Å². The maximum Gasteiger partial charge on any atom is 0.441 e. The van der Waals surface area contributed by atoms with Crippen molar-refractivity contribution in [2.24, 2.45) is 0 Å². The van der Waals surface area contributed by atoms with E-state index in [1.165, 1.54) is 0 Å². The first-order chi connectivity index (χ1) is 10.7. The number of ether oxygens (including phenoxy) is 1. The van der Waals surface area contributed by atoms with E-state index >= 15 is 0 Å². The zero-order chi connectivity index (χ0) is 18.8. The van der Waals surface area contributed by atoms with Crippen LogP contribution in [0.5, 0.6) is 0 Å². The number of hydroxylamine groups is 2. The van der Waals surface area contributed by atoms with Gasteiger partial charge in [-0.15, -0.1) is 5.06 Å². The lowest BCUT2D eigenvalue weighted by Crippen LogP contribution is -2.51. The van der Waals surface area contributed by atoms with Crippen LogP contribution in [0.1, 0.15) is 51.9 Å². The molecule has 1 rings (SSSR count). The summed E-state index contributed by atoms with van der Waals surface area (Å²) in [5, 5.41) is 0.627. The quantitative estimate of drug-likeness (QED) is 0.568. The number of amides is 2. The fraction of sp³-hybridized carbons (Fsp3) is 0.556. The van der Waals surface area contributed by atoms with E-state index in [0.717, 1.165) is 5.06 Å². The Kier molecular flexibility index (Phi) is 6.00. The lowest BCUT2D eigenvalue weighted by molar-refractivity contribution is -0.0605. The number of hydrogen-bond acceptors (Lipinski definition) is 4. The highest BCUT2D eigenvalue weighted by atomic mass is 28.4. The first-order valence-corrected chi connectivity index (χ1v) is 11.0. The average molecular weight is 352 g/mol. The molecule has 0 aliphatic rings. The third-order valence-electron chi connectivity index (χ3n) is 3.89. The van der Waals surface area contributed by atoms with E-state index in [1.54, 1.807) is 45.0 Å². The number of imide groups is 1. The summed E-state index contributed by atoms with van der Waals surface area (Å²) in [5.74, 6) is -0.519. The van der Waals surface area contributed by atoms with Gasteiger partial charge in [0.15, 0.2) is 0 Å². The average Bonchev–Trinajstić information content (AvgIpc) is 2.42. The van der Waals surface area contributed by atoms with Crippen LogP contribution in [0.15, 0.2) is 30.3 Å². The third kappa shape index (κ3) is 5.45. The second-order valence-electron chi connectivity index (χ2n) is 8.30. The number of nitrogens with zero attached hydrogens (tertiary/aromatic N) is 1. The molecular weight excluding hydrogens is 322 g/mol. The van der Waals surface area contributed by atoms with E-state index < -0.39 is 25.9 Å². The standard InChI is InChI=1S/C18H29NO4Si/c1-17(2,3)22-16(21)19(23-24(7,8)18(4,5)6)15(20)14-12-10-9-11-13-14/h9-13H,1-8H3. The summed E-state index contributed by atoms with van der Waals surface area (Å²) in [7, 11) is -2.40. The molecule has 24 heavy (non-hydrogen) atoms. The predicted octanol–water partition coefficient (Wildman–Crippen LogP) is 5.00. The van der Waals surface area contributed by atoms with Crippen molar-refractivity contribution < 1.29 is 18.9 Å². The second kappa shape index (κ2) is 7.07. The predicted molar refractivity (Wildman–Crippen MR) is 97.1 cm³/mol. The molecule has 0 radical (unpaired) electrons. The number of carbonyl (C=O) groups is 2. The van der Waals surface area contributed by atoms with Crippen LogP contribution in [-0.4, -0.2) is 31.0 Å². The maximum atomic E-state index is 12.8. The maximum absolute atomic E-state index is 12.8. The summed E-state index contributed by atoms with van der Waals surface area (Å²) < 4.78 is 11.3. The van der Waals surface area contributed by atoms with Gasteiger partial charge in [-0.05, 0) is 51.0 Å². The zero-order valence-corrected chi connectivity index (χ0v) is 17.0. The Balaban J connectivity index is 3.17. The molecule has 5 nitrogen and oxygen atoms in total. The summed E-state index contributed by atoms with van der Waals surface area (Å²) >= 11 is 0. The minimum Gasteiger partial charge on any atom is -0.442 e. The molecule has 0 saturated heterocycles. The lowest BCUT2D eigenvalue weighted by atomic mass is 10.2. The van der Waals surface area contributed by atoms with Crippen LogP contribution < -0.4 is 0 Å².